The smallest absolute Gasteiger partial charge is 0.264 e. The molecule has 170 valence electrons. The first-order valence-corrected chi connectivity index (χ1v) is 13.5. The third-order valence-corrected chi connectivity index (χ3v) is 8.68. The van der Waals surface area contributed by atoms with Gasteiger partial charge in [-0.15, -0.1) is 0 Å². The lowest BCUT2D eigenvalue weighted by molar-refractivity contribution is 0.593. The lowest BCUT2D eigenvalue weighted by Crippen LogP contribution is -2.30. The van der Waals surface area contributed by atoms with Gasteiger partial charge in [0.2, 0.25) is 10.0 Å². The van der Waals surface area contributed by atoms with Crippen molar-refractivity contribution in [3.8, 4) is 11.1 Å². The van der Waals surface area contributed by atoms with Crippen LogP contribution in [0.4, 0.5) is 11.4 Å². The third kappa shape index (κ3) is 4.19. The second-order valence-electron chi connectivity index (χ2n) is 7.71. The number of fused-ring (bicyclic) bond motifs is 4. The lowest BCUT2D eigenvalue weighted by Gasteiger charge is -2.28. The Morgan fingerprint density at radius 2 is 1.33 bits per heavy atom. The minimum Gasteiger partial charge on any atom is -0.273 e. The summed E-state index contributed by atoms with van der Waals surface area (Å²) >= 11 is 0. The molecule has 0 aliphatic carbocycles. The molecule has 33 heavy (non-hydrogen) atoms. The predicted molar refractivity (Wildman–Crippen MR) is 135 cm³/mol. The molecule has 0 bridgehead atoms. The molecule has 0 spiro atoms. The number of hydrogen-bond acceptors (Lipinski definition) is 4. The maximum Gasteiger partial charge on any atom is 0.264 e. The molecule has 1 aliphatic heterocycles. The average Bonchev–Trinajstić information content (AvgIpc) is 2.82. The Hall–Kier alpha value is -3.36. The van der Waals surface area contributed by atoms with Crippen molar-refractivity contribution < 1.29 is 16.8 Å². The number of rotatable bonds is 2. The van der Waals surface area contributed by atoms with Gasteiger partial charge in [-0.1, -0.05) is 72.8 Å². The summed E-state index contributed by atoms with van der Waals surface area (Å²) in [5, 5.41) is 1.98. The zero-order chi connectivity index (χ0) is 23.8. The Bertz CT molecular complexity index is 1540. The van der Waals surface area contributed by atoms with Gasteiger partial charge in [-0.25, -0.2) is 16.8 Å². The van der Waals surface area contributed by atoms with E-state index in [-0.39, 0.29) is 0 Å². The monoisotopic (exact) mass is 480 g/mol. The summed E-state index contributed by atoms with van der Waals surface area (Å²) in [5.74, 6) is 0. The van der Waals surface area contributed by atoms with Gasteiger partial charge in [-0.05, 0) is 23.6 Å². The van der Waals surface area contributed by atoms with Crippen molar-refractivity contribution in [1.82, 2.24) is 0 Å². The van der Waals surface area contributed by atoms with Crippen LogP contribution in [0.1, 0.15) is 0 Å². The Morgan fingerprint density at radius 1 is 0.758 bits per heavy atom. The van der Waals surface area contributed by atoms with E-state index < -0.39 is 20.0 Å². The highest BCUT2D eigenvalue weighted by atomic mass is 32.2. The minimum absolute atomic E-state index is 0.376. The normalized spacial score (nSPS) is 14.0. The van der Waals surface area contributed by atoms with Gasteiger partial charge in [0, 0.05) is 30.6 Å². The molecule has 4 aromatic rings. The third-order valence-electron chi connectivity index (χ3n) is 5.66. The summed E-state index contributed by atoms with van der Waals surface area (Å²) in [6.45, 7) is 0. The second-order valence-corrected chi connectivity index (χ2v) is 11.7. The van der Waals surface area contributed by atoms with Crippen LogP contribution in [0.15, 0.2) is 95.9 Å². The summed E-state index contributed by atoms with van der Waals surface area (Å²) in [6.07, 6.45) is 1.20. The van der Waals surface area contributed by atoms with Gasteiger partial charge in [-0.3, -0.25) is 8.61 Å². The number of sulfonamides is 2. The molecule has 8 heteroatoms. The number of anilines is 2. The van der Waals surface area contributed by atoms with Gasteiger partial charge >= 0.3 is 0 Å². The SMILES string of the molecule is CN(c1cccc2ccccc12)S(C)(=O)=O.CN1c2ccccc2-c2ccccc2S1(=O)=O. The molecule has 4 aromatic carbocycles. The van der Waals surface area contributed by atoms with Crippen LogP contribution in [-0.2, 0) is 20.0 Å². The molecule has 1 heterocycles. The standard InChI is InChI=1S/C13H11NO2S.C12H13NO2S/c1-14-12-8-4-2-6-10(12)11-7-3-5-9-13(11)17(14,15)16;1-13(16(2,14)15)12-9-5-7-10-6-3-4-8-11(10)12/h2-9H,1H3;3-9H,1-2H3. The van der Waals surface area contributed by atoms with Crippen LogP contribution < -0.4 is 8.61 Å². The largest absolute Gasteiger partial charge is 0.273 e. The van der Waals surface area contributed by atoms with Crippen LogP contribution in [-0.4, -0.2) is 37.2 Å². The Balaban J connectivity index is 0.000000157. The highest BCUT2D eigenvalue weighted by Crippen LogP contribution is 2.41. The molecule has 0 unspecified atom stereocenters. The second kappa shape index (κ2) is 8.53. The molecule has 6 nitrogen and oxygen atoms in total. The van der Waals surface area contributed by atoms with Crippen molar-refractivity contribution in [2.75, 3.05) is 29.0 Å². The molecular formula is C25H24N2O4S2. The molecule has 0 saturated heterocycles. The van der Waals surface area contributed by atoms with E-state index >= 15 is 0 Å². The molecular weight excluding hydrogens is 456 g/mol. The van der Waals surface area contributed by atoms with Crippen LogP contribution >= 0.6 is 0 Å². The van der Waals surface area contributed by atoms with Crippen molar-refractivity contribution in [1.29, 1.82) is 0 Å². The highest BCUT2D eigenvalue weighted by molar-refractivity contribution is 7.93. The number of hydrogen-bond donors (Lipinski definition) is 0. The first kappa shape index (κ1) is 22.8. The molecule has 5 rings (SSSR count). The molecule has 0 fully saturated rings. The molecule has 0 atom stereocenters. The van der Waals surface area contributed by atoms with Crippen LogP contribution in [0.5, 0.6) is 0 Å². The molecule has 0 saturated carbocycles. The van der Waals surface area contributed by atoms with Gasteiger partial charge < -0.3 is 0 Å². The van der Waals surface area contributed by atoms with Crippen molar-refractivity contribution in [2.24, 2.45) is 0 Å². The summed E-state index contributed by atoms with van der Waals surface area (Å²) in [6, 6.07) is 28.0. The van der Waals surface area contributed by atoms with Crippen LogP contribution in [0.2, 0.25) is 0 Å². The summed E-state index contributed by atoms with van der Waals surface area (Å²) in [4.78, 5) is 0.376. The van der Waals surface area contributed by atoms with E-state index in [4.69, 9.17) is 0 Å². The first-order chi connectivity index (χ1) is 15.6. The van der Waals surface area contributed by atoms with Gasteiger partial charge in [0.1, 0.15) is 0 Å². The predicted octanol–water partition coefficient (Wildman–Crippen LogP) is 4.73. The number of nitrogens with zero attached hydrogens (tertiary/aromatic N) is 2. The highest BCUT2D eigenvalue weighted by Gasteiger charge is 2.31. The molecule has 0 amide bonds. The van der Waals surface area contributed by atoms with E-state index in [2.05, 4.69) is 0 Å². The Labute approximate surface area is 194 Å². The lowest BCUT2D eigenvalue weighted by atomic mass is 10.0. The van der Waals surface area contributed by atoms with E-state index in [0.29, 0.717) is 10.6 Å². The van der Waals surface area contributed by atoms with Gasteiger partial charge in [0.15, 0.2) is 0 Å². The molecule has 0 aromatic heterocycles. The van der Waals surface area contributed by atoms with E-state index in [0.717, 1.165) is 27.6 Å². The average molecular weight is 481 g/mol. The van der Waals surface area contributed by atoms with Crippen LogP contribution in [0, 0.1) is 0 Å². The number of benzene rings is 4. The van der Waals surface area contributed by atoms with Crippen molar-refractivity contribution in [3.63, 3.8) is 0 Å². The van der Waals surface area contributed by atoms with E-state index in [1.165, 1.54) is 14.9 Å². The molecule has 0 N–H and O–H groups in total. The van der Waals surface area contributed by atoms with Gasteiger partial charge in [0.05, 0.1) is 22.5 Å². The van der Waals surface area contributed by atoms with E-state index in [1.54, 1.807) is 26.2 Å². The van der Waals surface area contributed by atoms with Crippen LogP contribution in [0.25, 0.3) is 21.9 Å². The zero-order valence-corrected chi connectivity index (χ0v) is 20.1. The van der Waals surface area contributed by atoms with Crippen molar-refractivity contribution >= 4 is 42.2 Å². The van der Waals surface area contributed by atoms with E-state index in [1.807, 2.05) is 78.9 Å². The Kier molecular flexibility index (Phi) is 5.90. The zero-order valence-electron chi connectivity index (χ0n) is 18.5. The Morgan fingerprint density at radius 3 is 2.06 bits per heavy atom. The van der Waals surface area contributed by atoms with Crippen LogP contribution in [0.3, 0.4) is 0 Å². The van der Waals surface area contributed by atoms with E-state index in [9.17, 15) is 16.8 Å². The van der Waals surface area contributed by atoms with Crippen molar-refractivity contribution in [2.45, 2.75) is 4.90 Å². The fourth-order valence-corrected chi connectivity index (χ4v) is 5.76. The minimum atomic E-state index is -3.40. The fraction of sp³-hybridized carbons (Fsp3) is 0.120. The molecule has 0 radical (unpaired) electrons. The van der Waals surface area contributed by atoms with Gasteiger partial charge in [0.25, 0.3) is 10.0 Å². The topological polar surface area (TPSA) is 74.8 Å². The number of para-hydroxylation sites is 1. The van der Waals surface area contributed by atoms with Gasteiger partial charge in [-0.2, -0.15) is 0 Å². The summed E-state index contributed by atoms with van der Waals surface area (Å²) in [7, 11) is -3.46. The summed E-state index contributed by atoms with van der Waals surface area (Å²) in [5.41, 5.74) is 3.17. The quantitative estimate of drug-likeness (QED) is 0.416. The maximum absolute atomic E-state index is 12.3. The fourth-order valence-electron chi connectivity index (χ4n) is 3.83. The summed E-state index contributed by atoms with van der Waals surface area (Å²) < 4.78 is 50.2. The first-order valence-electron chi connectivity index (χ1n) is 10.2. The van der Waals surface area contributed by atoms with Crippen molar-refractivity contribution in [3.05, 3.63) is 91.0 Å². The molecule has 1 aliphatic rings. The maximum atomic E-state index is 12.3.